The van der Waals surface area contributed by atoms with Crippen molar-refractivity contribution in [3.63, 3.8) is 0 Å². The van der Waals surface area contributed by atoms with Crippen LogP contribution in [-0.2, 0) is 6.61 Å². The minimum atomic E-state index is -0.373. The maximum absolute atomic E-state index is 12.3. The largest absolute Gasteiger partial charge is 0.500 e. The molecule has 0 aliphatic rings. The van der Waals surface area contributed by atoms with E-state index in [0.29, 0.717) is 57.6 Å². The number of benzene rings is 3. The van der Waals surface area contributed by atoms with E-state index in [1.165, 1.54) is 0 Å². The van der Waals surface area contributed by atoms with E-state index in [0.717, 1.165) is 5.56 Å². The first kappa shape index (κ1) is 25.0. The van der Waals surface area contributed by atoms with Gasteiger partial charge in [0.05, 0.1) is 19.2 Å². The topological polar surface area (TPSA) is 99.0 Å². The molecule has 2 heterocycles. The van der Waals surface area contributed by atoms with Gasteiger partial charge in [0, 0.05) is 35.4 Å². The SMILES string of the molecule is [C-]#[N+]c1cc2c(Oc3ccc(NC(=O)Nc4ccc(OC)cc4)cc3)ccnc2cc1OCc1ccncc1. The van der Waals surface area contributed by atoms with Crippen LogP contribution in [0.1, 0.15) is 5.56 Å². The fourth-order valence-corrected chi connectivity index (χ4v) is 3.77. The molecule has 0 aliphatic heterocycles. The van der Waals surface area contributed by atoms with Gasteiger partial charge in [-0.2, -0.15) is 0 Å². The molecule has 9 heteroatoms. The molecule has 3 aromatic carbocycles. The smallest absolute Gasteiger partial charge is 0.323 e. The van der Waals surface area contributed by atoms with E-state index < -0.39 is 0 Å². The molecule has 5 aromatic rings. The van der Waals surface area contributed by atoms with Crippen molar-refractivity contribution in [2.75, 3.05) is 17.7 Å². The number of pyridine rings is 2. The van der Waals surface area contributed by atoms with Crippen LogP contribution in [0, 0.1) is 6.57 Å². The average molecular weight is 518 g/mol. The van der Waals surface area contributed by atoms with E-state index >= 15 is 0 Å². The van der Waals surface area contributed by atoms with E-state index in [1.807, 2.05) is 12.1 Å². The van der Waals surface area contributed by atoms with Gasteiger partial charge in [0.25, 0.3) is 0 Å². The molecule has 0 fully saturated rings. The fraction of sp³-hybridized carbons (Fsp3) is 0.0667. The first-order valence-electron chi connectivity index (χ1n) is 11.9. The Morgan fingerprint density at radius 3 is 2.15 bits per heavy atom. The Bertz CT molecular complexity index is 1630. The summed E-state index contributed by atoms with van der Waals surface area (Å²) >= 11 is 0. The molecule has 0 spiro atoms. The molecule has 0 radical (unpaired) electrons. The van der Waals surface area contributed by atoms with Gasteiger partial charge in [-0.25, -0.2) is 9.64 Å². The summed E-state index contributed by atoms with van der Waals surface area (Å²) in [5, 5.41) is 6.24. The van der Waals surface area contributed by atoms with Crippen molar-refractivity contribution in [3.8, 4) is 23.0 Å². The number of aromatic nitrogens is 2. The summed E-state index contributed by atoms with van der Waals surface area (Å²) in [6, 6.07) is 22.5. The highest BCUT2D eigenvalue weighted by Crippen LogP contribution is 2.37. The third-order valence-electron chi connectivity index (χ3n) is 5.73. The summed E-state index contributed by atoms with van der Waals surface area (Å²) in [5.74, 6) is 2.26. The van der Waals surface area contributed by atoms with Crippen LogP contribution in [0.3, 0.4) is 0 Å². The Kier molecular flexibility index (Phi) is 7.46. The maximum Gasteiger partial charge on any atom is 0.323 e. The number of hydrogen-bond acceptors (Lipinski definition) is 6. The van der Waals surface area contributed by atoms with Crippen LogP contribution in [0.5, 0.6) is 23.0 Å². The molecule has 0 saturated heterocycles. The second-order valence-electron chi connectivity index (χ2n) is 8.34. The number of fused-ring (bicyclic) bond motifs is 1. The van der Waals surface area contributed by atoms with Gasteiger partial charge >= 0.3 is 6.03 Å². The monoisotopic (exact) mass is 517 g/mol. The summed E-state index contributed by atoms with van der Waals surface area (Å²) < 4.78 is 17.1. The number of urea groups is 1. The molecule has 9 nitrogen and oxygen atoms in total. The summed E-state index contributed by atoms with van der Waals surface area (Å²) in [5.41, 5.74) is 3.18. The normalized spacial score (nSPS) is 10.4. The molecule has 0 atom stereocenters. The molecule has 0 bridgehead atoms. The third kappa shape index (κ3) is 6.21. The first-order valence-corrected chi connectivity index (χ1v) is 11.9. The highest BCUT2D eigenvalue weighted by Gasteiger charge is 2.12. The Hall–Kier alpha value is -5.62. The van der Waals surface area contributed by atoms with Crippen molar-refractivity contribution in [2.24, 2.45) is 0 Å². The van der Waals surface area contributed by atoms with Crippen LogP contribution >= 0.6 is 0 Å². The molecule has 0 unspecified atom stereocenters. The van der Waals surface area contributed by atoms with Gasteiger partial charge in [0.15, 0.2) is 0 Å². The van der Waals surface area contributed by atoms with Crippen LogP contribution in [-0.4, -0.2) is 23.1 Å². The van der Waals surface area contributed by atoms with Crippen LogP contribution in [0.2, 0.25) is 0 Å². The molecular formula is C30H23N5O4. The van der Waals surface area contributed by atoms with E-state index in [9.17, 15) is 4.79 Å². The summed E-state index contributed by atoms with van der Waals surface area (Å²) in [6.45, 7) is 7.94. The summed E-state index contributed by atoms with van der Waals surface area (Å²) in [4.78, 5) is 24.4. The number of anilines is 2. The zero-order valence-electron chi connectivity index (χ0n) is 20.9. The molecule has 2 N–H and O–H groups in total. The highest BCUT2D eigenvalue weighted by molar-refractivity contribution is 5.99. The van der Waals surface area contributed by atoms with E-state index in [-0.39, 0.29) is 6.03 Å². The van der Waals surface area contributed by atoms with Gasteiger partial charge in [0.1, 0.15) is 29.6 Å². The zero-order valence-corrected chi connectivity index (χ0v) is 20.9. The number of methoxy groups -OCH3 is 1. The standard InChI is InChI=1S/C30H23N5O4/c1-31-27-17-25-26(18-29(27)38-19-20-11-14-32-15-12-20)33-16-13-28(25)39-24-9-5-22(6-10-24)35-30(36)34-21-3-7-23(37-2)8-4-21/h3-18H,19H2,2H3,(H2,34,35,36). The van der Waals surface area contributed by atoms with Crippen LogP contribution in [0.15, 0.2) is 97.5 Å². The number of hydrogen-bond donors (Lipinski definition) is 2. The fourth-order valence-electron chi connectivity index (χ4n) is 3.77. The molecular weight excluding hydrogens is 494 g/mol. The zero-order chi connectivity index (χ0) is 27.0. The molecule has 0 saturated carbocycles. The number of carbonyl (C=O) groups is 1. The Morgan fingerprint density at radius 1 is 0.846 bits per heavy atom. The molecule has 2 amide bonds. The Balaban J connectivity index is 1.27. The van der Waals surface area contributed by atoms with Gasteiger partial charge in [-0.05, 0) is 84.4 Å². The number of ether oxygens (including phenoxy) is 3. The lowest BCUT2D eigenvalue weighted by molar-refractivity contribution is 0.262. The second kappa shape index (κ2) is 11.6. The van der Waals surface area contributed by atoms with Crippen LogP contribution < -0.4 is 24.8 Å². The van der Waals surface area contributed by atoms with Gasteiger partial charge in [-0.15, -0.1) is 0 Å². The van der Waals surface area contributed by atoms with Crippen molar-refractivity contribution in [1.82, 2.24) is 9.97 Å². The van der Waals surface area contributed by atoms with Crippen LogP contribution in [0.25, 0.3) is 15.7 Å². The molecule has 2 aromatic heterocycles. The van der Waals surface area contributed by atoms with Gasteiger partial charge in [-0.1, -0.05) is 0 Å². The number of amides is 2. The highest BCUT2D eigenvalue weighted by atomic mass is 16.5. The number of rotatable bonds is 8. The number of carbonyl (C=O) groups excluding carboxylic acids is 1. The van der Waals surface area contributed by atoms with Crippen molar-refractivity contribution in [3.05, 3.63) is 114 Å². The number of nitrogens with zero attached hydrogens (tertiary/aromatic N) is 3. The average Bonchev–Trinajstić information content (AvgIpc) is 2.97. The molecule has 5 rings (SSSR count). The third-order valence-corrected chi connectivity index (χ3v) is 5.73. The van der Waals surface area contributed by atoms with E-state index in [2.05, 4.69) is 25.4 Å². The lowest BCUT2D eigenvalue weighted by Gasteiger charge is -2.13. The van der Waals surface area contributed by atoms with E-state index in [1.54, 1.807) is 92.4 Å². The van der Waals surface area contributed by atoms with Crippen molar-refractivity contribution in [2.45, 2.75) is 6.61 Å². The Labute approximate surface area is 224 Å². The summed E-state index contributed by atoms with van der Waals surface area (Å²) in [6.07, 6.45) is 5.03. The minimum Gasteiger partial charge on any atom is -0.500 e. The van der Waals surface area contributed by atoms with Crippen molar-refractivity contribution < 1.29 is 19.0 Å². The quantitative estimate of drug-likeness (QED) is 0.211. The van der Waals surface area contributed by atoms with Crippen LogP contribution in [0.4, 0.5) is 21.9 Å². The first-order chi connectivity index (χ1) is 19.1. The predicted octanol–water partition coefficient (Wildman–Crippen LogP) is 7.20. The van der Waals surface area contributed by atoms with E-state index in [4.69, 9.17) is 20.8 Å². The lowest BCUT2D eigenvalue weighted by Crippen LogP contribution is -2.19. The molecule has 39 heavy (non-hydrogen) atoms. The molecule has 0 aliphatic carbocycles. The Morgan fingerprint density at radius 2 is 1.51 bits per heavy atom. The second-order valence-corrected chi connectivity index (χ2v) is 8.34. The van der Waals surface area contributed by atoms with Gasteiger partial charge < -0.3 is 24.8 Å². The number of nitrogens with one attached hydrogen (secondary N) is 2. The van der Waals surface area contributed by atoms with Crippen molar-refractivity contribution >= 4 is 34.0 Å². The van der Waals surface area contributed by atoms with Gasteiger partial charge in [0.2, 0.25) is 5.69 Å². The van der Waals surface area contributed by atoms with Crippen molar-refractivity contribution in [1.29, 1.82) is 0 Å². The maximum atomic E-state index is 12.3. The lowest BCUT2D eigenvalue weighted by atomic mass is 10.1. The predicted molar refractivity (Wildman–Crippen MR) is 149 cm³/mol. The minimum absolute atomic E-state index is 0.311. The molecule has 192 valence electrons. The summed E-state index contributed by atoms with van der Waals surface area (Å²) in [7, 11) is 1.59. The van der Waals surface area contributed by atoms with Gasteiger partial charge in [-0.3, -0.25) is 9.97 Å².